The molecule has 0 bridgehead atoms. The number of aromatic nitrogens is 3. The topological polar surface area (TPSA) is 68.0 Å². The van der Waals surface area contributed by atoms with Gasteiger partial charge in [-0.05, 0) is 17.7 Å². The zero-order valence-electron chi connectivity index (χ0n) is 12.9. The zero-order valence-corrected chi connectivity index (χ0v) is 12.9. The van der Waals surface area contributed by atoms with E-state index in [0.29, 0.717) is 10.9 Å². The molecule has 3 aromatic rings. The molecular weight excluding hydrogens is 335 g/mol. The fourth-order valence-corrected chi connectivity index (χ4v) is 2.66. The van der Waals surface area contributed by atoms with Gasteiger partial charge in [0, 0.05) is 12.6 Å². The number of hydrogen-bond donors (Lipinski definition) is 1. The number of alkyl halides is 3. The van der Waals surface area contributed by atoms with Gasteiger partial charge in [0.15, 0.2) is 0 Å². The molecule has 25 heavy (non-hydrogen) atoms. The number of pyridine rings is 1. The Kier molecular flexibility index (Phi) is 4.54. The van der Waals surface area contributed by atoms with Crippen LogP contribution in [0, 0.1) is 0 Å². The molecule has 8 heteroatoms. The Labute approximate surface area is 140 Å². The second-order valence-corrected chi connectivity index (χ2v) is 5.61. The quantitative estimate of drug-likeness (QED) is 0.785. The third-order valence-electron chi connectivity index (χ3n) is 3.81. The highest BCUT2D eigenvalue weighted by Crippen LogP contribution is 2.32. The predicted octanol–water partition coefficient (Wildman–Crippen LogP) is 2.41. The van der Waals surface area contributed by atoms with Crippen molar-refractivity contribution in [1.82, 2.24) is 14.5 Å². The van der Waals surface area contributed by atoms with Crippen LogP contribution in [0.5, 0.6) is 0 Å². The van der Waals surface area contributed by atoms with E-state index in [-0.39, 0.29) is 24.1 Å². The molecule has 0 aliphatic heterocycles. The Morgan fingerprint density at radius 1 is 1.20 bits per heavy atom. The lowest BCUT2D eigenvalue weighted by Gasteiger charge is -2.16. The zero-order chi connectivity index (χ0) is 18.0. The first-order chi connectivity index (χ1) is 11.9. The van der Waals surface area contributed by atoms with Crippen molar-refractivity contribution in [1.29, 1.82) is 0 Å². The highest BCUT2D eigenvalue weighted by molar-refractivity contribution is 5.75. The van der Waals surface area contributed by atoms with Gasteiger partial charge >= 0.3 is 6.18 Å². The Morgan fingerprint density at radius 3 is 2.72 bits per heavy atom. The Bertz CT molecular complexity index is 954. The molecule has 0 radical (unpaired) electrons. The normalized spacial score (nSPS) is 13.1. The van der Waals surface area contributed by atoms with Gasteiger partial charge in [0.1, 0.15) is 0 Å². The van der Waals surface area contributed by atoms with E-state index in [0.717, 1.165) is 6.07 Å². The molecule has 0 unspecified atom stereocenters. The van der Waals surface area contributed by atoms with Crippen LogP contribution in [0.25, 0.3) is 10.9 Å². The van der Waals surface area contributed by atoms with Crippen LogP contribution >= 0.6 is 0 Å². The van der Waals surface area contributed by atoms with Gasteiger partial charge in [-0.25, -0.2) is 4.98 Å². The first kappa shape index (κ1) is 17.1. The third kappa shape index (κ3) is 3.69. The van der Waals surface area contributed by atoms with Crippen molar-refractivity contribution < 1.29 is 18.3 Å². The van der Waals surface area contributed by atoms with Gasteiger partial charge in [-0.2, -0.15) is 13.2 Å². The predicted molar refractivity (Wildman–Crippen MR) is 85.0 cm³/mol. The van der Waals surface area contributed by atoms with Crippen LogP contribution in [-0.4, -0.2) is 25.7 Å². The lowest BCUT2D eigenvalue weighted by atomic mass is 10.0. The summed E-state index contributed by atoms with van der Waals surface area (Å²) in [6.07, 6.45) is -1.74. The summed E-state index contributed by atoms with van der Waals surface area (Å²) in [6.45, 7) is -0.156. The van der Waals surface area contributed by atoms with Gasteiger partial charge in [-0.1, -0.05) is 18.2 Å². The molecule has 3 rings (SSSR count). The Hall–Kier alpha value is -2.74. The van der Waals surface area contributed by atoms with Gasteiger partial charge < -0.3 is 5.11 Å². The Balaban J connectivity index is 1.84. The fourth-order valence-electron chi connectivity index (χ4n) is 2.66. The summed E-state index contributed by atoms with van der Waals surface area (Å²) < 4.78 is 40.2. The fraction of sp³-hybridized carbons (Fsp3) is 0.235. The minimum atomic E-state index is -4.50. The van der Waals surface area contributed by atoms with Gasteiger partial charge in [-0.3, -0.25) is 14.3 Å². The first-order valence-corrected chi connectivity index (χ1v) is 7.48. The minimum absolute atomic E-state index is 0.0199. The SMILES string of the molecule is O=c1c2ccncc2ncn1C[C@@H](O)Cc1ccccc1C(F)(F)F. The number of rotatable bonds is 4. The Morgan fingerprint density at radius 2 is 1.96 bits per heavy atom. The summed E-state index contributed by atoms with van der Waals surface area (Å²) >= 11 is 0. The molecule has 1 N–H and O–H groups in total. The maximum atomic E-state index is 13.0. The monoisotopic (exact) mass is 349 g/mol. The highest BCUT2D eigenvalue weighted by atomic mass is 19.4. The van der Waals surface area contributed by atoms with Crippen LogP contribution in [0.15, 0.2) is 53.8 Å². The number of aliphatic hydroxyl groups excluding tert-OH is 1. The summed E-state index contributed by atoms with van der Waals surface area (Å²) in [6, 6.07) is 6.57. The van der Waals surface area contributed by atoms with Gasteiger partial charge in [0.05, 0.1) is 41.6 Å². The van der Waals surface area contributed by atoms with Gasteiger partial charge in [0.25, 0.3) is 5.56 Å². The third-order valence-corrected chi connectivity index (χ3v) is 3.81. The van der Waals surface area contributed by atoms with Gasteiger partial charge in [-0.15, -0.1) is 0 Å². The lowest BCUT2D eigenvalue weighted by Crippen LogP contribution is -2.28. The van der Waals surface area contributed by atoms with E-state index in [9.17, 15) is 23.1 Å². The number of hydrogen-bond acceptors (Lipinski definition) is 4. The maximum absolute atomic E-state index is 13.0. The number of aliphatic hydroxyl groups is 1. The maximum Gasteiger partial charge on any atom is 0.416 e. The number of nitrogens with zero attached hydrogens (tertiary/aromatic N) is 3. The molecule has 5 nitrogen and oxygen atoms in total. The van der Waals surface area contributed by atoms with E-state index in [2.05, 4.69) is 9.97 Å². The molecule has 0 saturated heterocycles. The van der Waals surface area contributed by atoms with Crippen molar-refractivity contribution in [3.05, 3.63) is 70.5 Å². The van der Waals surface area contributed by atoms with Gasteiger partial charge in [0.2, 0.25) is 0 Å². The van der Waals surface area contributed by atoms with E-state index < -0.39 is 17.8 Å². The number of halogens is 3. The van der Waals surface area contributed by atoms with E-state index in [1.165, 1.54) is 47.6 Å². The van der Waals surface area contributed by atoms with Crippen LogP contribution < -0.4 is 5.56 Å². The molecule has 0 aliphatic carbocycles. The standard InChI is InChI=1S/C17H14F3N3O2/c18-17(19,20)14-4-2-1-3-11(14)7-12(24)9-23-10-22-15-8-21-6-5-13(15)16(23)25/h1-6,8,10,12,24H,7,9H2/t12-/m0/s1. The van der Waals surface area contributed by atoms with Crippen LogP contribution in [0.3, 0.4) is 0 Å². The molecule has 2 aromatic heterocycles. The molecule has 0 spiro atoms. The molecule has 2 heterocycles. The van der Waals surface area contributed by atoms with Crippen molar-refractivity contribution in [2.24, 2.45) is 0 Å². The molecule has 130 valence electrons. The molecular formula is C17H14F3N3O2. The van der Waals surface area contributed by atoms with E-state index in [4.69, 9.17) is 0 Å². The summed E-state index contributed by atoms with van der Waals surface area (Å²) in [5.41, 5.74) is -0.770. The second-order valence-electron chi connectivity index (χ2n) is 5.61. The van der Waals surface area contributed by atoms with E-state index in [1.54, 1.807) is 0 Å². The smallest absolute Gasteiger partial charge is 0.391 e. The summed E-state index contributed by atoms with van der Waals surface area (Å²) in [5, 5.41) is 10.5. The summed E-state index contributed by atoms with van der Waals surface area (Å²) in [4.78, 5) is 20.3. The van der Waals surface area contributed by atoms with Crippen molar-refractivity contribution in [2.45, 2.75) is 25.2 Å². The van der Waals surface area contributed by atoms with Crippen LogP contribution in [-0.2, 0) is 19.1 Å². The number of benzene rings is 1. The van der Waals surface area contributed by atoms with Crippen molar-refractivity contribution in [3.8, 4) is 0 Å². The molecule has 1 aromatic carbocycles. The summed E-state index contributed by atoms with van der Waals surface area (Å²) in [7, 11) is 0. The molecule has 0 amide bonds. The summed E-state index contributed by atoms with van der Waals surface area (Å²) in [5.74, 6) is 0. The highest BCUT2D eigenvalue weighted by Gasteiger charge is 2.33. The van der Waals surface area contributed by atoms with Crippen molar-refractivity contribution in [2.75, 3.05) is 0 Å². The molecule has 0 saturated carbocycles. The average molecular weight is 349 g/mol. The lowest BCUT2D eigenvalue weighted by molar-refractivity contribution is -0.138. The number of fused-ring (bicyclic) bond motifs is 1. The van der Waals surface area contributed by atoms with Crippen LogP contribution in [0.2, 0.25) is 0 Å². The molecule has 1 atom stereocenters. The van der Waals surface area contributed by atoms with E-state index >= 15 is 0 Å². The average Bonchev–Trinajstić information content (AvgIpc) is 2.57. The molecule has 0 aliphatic rings. The van der Waals surface area contributed by atoms with Crippen molar-refractivity contribution in [3.63, 3.8) is 0 Å². The van der Waals surface area contributed by atoms with E-state index in [1.807, 2.05) is 0 Å². The van der Waals surface area contributed by atoms with Crippen molar-refractivity contribution >= 4 is 10.9 Å². The first-order valence-electron chi connectivity index (χ1n) is 7.48. The minimum Gasteiger partial charge on any atom is -0.391 e. The largest absolute Gasteiger partial charge is 0.416 e. The van der Waals surface area contributed by atoms with Crippen LogP contribution in [0.4, 0.5) is 13.2 Å². The molecule has 0 fully saturated rings. The second kappa shape index (κ2) is 6.64. The van der Waals surface area contributed by atoms with Crippen LogP contribution in [0.1, 0.15) is 11.1 Å².